The lowest BCUT2D eigenvalue weighted by Gasteiger charge is -2.31. The highest BCUT2D eigenvalue weighted by atomic mass is 19.3. The number of carboxylic acids is 1. The summed E-state index contributed by atoms with van der Waals surface area (Å²) in [5.41, 5.74) is 0. The fourth-order valence-corrected chi connectivity index (χ4v) is 2.51. The summed E-state index contributed by atoms with van der Waals surface area (Å²) in [5, 5.41) is 8.81. The zero-order valence-corrected chi connectivity index (χ0v) is 11.3. The van der Waals surface area contributed by atoms with Gasteiger partial charge in [-0.05, 0) is 25.7 Å². The van der Waals surface area contributed by atoms with E-state index in [1.807, 2.05) is 0 Å². The third-order valence-electron chi connectivity index (χ3n) is 3.76. The van der Waals surface area contributed by atoms with Crippen LogP contribution in [0.5, 0.6) is 5.75 Å². The van der Waals surface area contributed by atoms with Gasteiger partial charge in [0, 0.05) is 12.1 Å². The molecule has 1 aliphatic carbocycles. The Morgan fingerprint density at radius 1 is 1.09 bits per heavy atom. The Morgan fingerprint density at radius 2 is 1.59 bits per heavy atom. The Morgan fingerprint density at radius 3 is 2.05 bits per heavy atom. The van der Waals surface area contributed by atoms with Gasteiger partial charge in [0.2, 0.25) is 0 Å². The molecule has 0 aromatic heterocycles. The van der Waals surface area contributed by atoms with E-state index in [1.165, 1.54) is 0 Å². The summed E-state index contributed by atoms with van der Waals surface area (Å²) in [7, 11) is 0. The van der Waals surface area contributed by atoms with Crippen LogP contribution in [-0.4, -0.2) is 17.2 Å². The van der Waals surface area contributed by atoms with Gasteiger partial charge < -0.3 is 9.84 Å². The molecule has 2 rings (SSSR count). The Kier molecular flexibility index (Phi) is 4.58. The Bertz CT molecular complexity index is 545. The molecule has 0 spiro atoms. The Balaban J connectivity index is 2.07. The number of carbonyl (C=O) groups is 1. The maximum absolute atomic E-state index is 14.0. The first-order valence-corrected chi connectivity index (χ1v) is 6.65. The molecule has 1 N–H and O–H groups in total. The zero-order valence-electron chi connectivity index (χ0n) is 11.3. The van der Waals surface area contributed by atoms with Gasteiger partial charge in [0.15, 0.2) is 17.5 Å². The third kappa shape index (κ3) is 3.48. The zero-order chi connectivity index (χ0) is 16.5. The number of benzene rings is 1. The van der Waals surface area contributed by atoms with Crippen LogP contribution < -0.4 is 4.74 Å². The molecule has 1 fully saturated rings. The third-order valence-corrected chi connectivity index (χ3v) is 3.76. The van der Waals surface area contributed by atoms with Crippen molar-refractivity contribution < 1.29 is 36.6 Å². The first-order chi connectivity index (χ1) is 10.2. The molecule has 8 heteroatoms. The predicted octanol–water partition coefficient (Wildman–Crippen LogP) is 3.97. The SMILES string of the molecule is O=C(O)C1CCC(C(F)(F)Oc2cc(F)c(F)c(F)c2)CC1. The molecule has 22 heavy (non-hydrogen) atoms. The van der Waals surface area contributed by atoms with Gasteiger partial charge in [-0.15, -0.1) is 0 Å². The van der Waals surface area contributed by atoms with E-state index < -0.39 is 47.1 Å². The van der Waals surface area contributed by atoms with Crippen molar-refractivity contribution in [1.29, 1.82) is 0 Å². The van der Waals surface area contributed by atoms with E-state index in [1.54, 1.807) is 0 Å². The van der Waals surface area contributed by atoms with E-state index in [0.717, 1.165) is 0 Å². The Labute approximate surface area is 122 Å². The van der Waals surface area contributed by atoms with Gasteiger partial charge in [0.1, 0.15) is 5.75 Å². The maximum Gasteiger partial charge on any atom is 0.400 e. The van der Waals surface area contributed by atoms with E-state index in [9.17, 15) is 26.7 Å². The van der Waals surface area contributed by atoms with E-state index >= 15 is 0 Å². The number of rotatable bonds is 4. The van der Waals surface area contributed by atoms with Crippen LogP contribution in [-0.2, 0) is 4.79 Å². The molecule has 0 radical (unpaired) electrons. The standard InChI is InChI=1S/C14H13F5O3/c15-10-5-9(6-11(16)12(10)17)22-14(18,19)8-3-1-7(2-4-8)13(20)21/h5-8H,1-4H2,(H,20,21). The number of hydrogen-bond donors (Lipinski definition) is 1. The first kappa shape index (κ1) is 16.5. The molecule has 0 bridgehead atoms. The molecule has 0 aliphatic heterocycles. The fourth-order valence-electron chi connectivity index (χ4n) is 2.51. The molecule has 1 aromatic carbocycles. The molecule has 1 aromatic rings. The number of hydrogen-bond acceptors (Lipinski definition) is 2. The van der Waals surface area contributed by atoms with Crippen molar-refractivity contribution in [3.05, 3.63) is 29.6 Å². The van der Waals surface area contributed by atoms with Gasteiger partial charge >= 0.3 is 12.1 Å². The van der Waals surface area contributed by atoms with Crippen LogP contribution in [0.3, 0.4) is 0 Å². The summed E-state index contributed by atoms with van der Waals surface area (Å²) in [6.07, 6.45) is -3.75. The second-order valence-electron chi connectivity index (χ2n) is 5.25. The highest BCUT2D eigenvalue weighted by Crippen LogP contribution is 2.40. The van der Waals surface area contributed by atoms with E-state index in [-0.39, 0.29) is 25.7 Å². The predicted molar refractivity (Wildman–Crippen MR) is 65.0 cm³/mol. The van der Waals surface area contributed by atoms with Crippen LogP contribution in [0, 0.1) is 29.3 Å². The molecule has 122 valence electrons. The highest BCUT2D eigenvalue weighted by Gasteiger charge is 2.45. The molecule has 3 nitrogen and oxygen atoms in total. The van der Waals surface area contributed by atoms with Crippen LogP contribution >= 0.6 is 0 Å². The quantitative estimate of drug-likeness (QED) is 0.673. The summed E-state index contributed by atoms with van der Waals surface area (Å²) in [4.78, 5) is 10.8. The van der Waals surface area contributed by atoms with Crippen molar-refractivity contribution in [3.8, 4) is 5.75 Å². The molecule has 1 saturated carbocycles. The van der Waals surface area contributed by atoms with Gasteiger partial charge in [-0.2, -0.15) is 8.78 Å². The maximum atomic E-state index is 14.0. The number of alkyl halides is 2. The summed E-state index contributed by atoms with van der Waals surface area (Å²) in [6, 6.07) is 0.685. The van der Waals surface area contributed by atoms with Crippen molar-refractivity contribution in [2.24, 2.45) is 11.8 Å². The van der Waals surface area contributed by atoms with Crippen molar-refractivity contribution in [3.63, 3.8) is 0 Å². The molecule has 0 heterocycles. The molecule has 0 unspecified atom stereocenters. The Hall–Kier alpha value is -1.86. The van der Waals surface area contributed by atoms with E-state index in [2.05, 4.69) is 4.74 Å². The molecule has 0 amide bonds. The molecular formula is C14H13F5O3. The number of halogens is 5. The van der Waals surface area contributed by atoms with Gasteiger partial charge in [-0.25, -0.2) is 13.2 Å². The average molecular weight is 324 g/mol. The van der Waals surface area contributed by atoms with Crippen molar-refractivity contribution in [2.45, 2.75) is 31.8 Å². The largest absolute Gasteiger partial charge is 0.481 e. The van der Waals surface area contributed by atoms with Gasteiger partial charge in [0.05, 0.1) is 11.8 Å². The van der Waals surface area contributed by atoms with E-state index in [0.29, 0.717) is 12.1 Å². The minimum atomic E-state index is -3.72. The highest BCUT2D eigenvalue weighted by molar-refractivity contribution is 5.70. The monoisotopic (exact) mass is 324 g/mol. The minimum Gasteiger partial charge on any atom is -0.481 e. The molecule has 1 aliphatic rings. The van der Waals surface area contributed by atoms with Gasteiger partial charge in [-0.1, -0.05) is 0 Å². The first-order valence-electron chi connectivity index (χ1n) is 6.65. The summed E-state index contributed by atoms with van der Waals surface area (Å²) in [5.74, 6) is -8.81. The average Bonchev–Trinajstić information content (AvgIpc) is 2.44. The van der Waals surface area contributed by atoms with E-state index in [4.69, 9.17) is 5.11 Å². The molecule has 0 atom stereocenters. The van der Waals surface area contributed by atoms with Crippen LogP contribution in [0.25, 0.3) is 0 Å². The smallest absolute Gasteiger partial charge is 0.400 e. The van der Waals surface area contributed by atoms with Crippen LogP contribution in [0.15, 0.2) is 12.1 Å². The lowest BCUT2D eigenvalue weighted by atomic mass is 9.81. The topological polar surface area (TPSA) is 46.5 Å². The van der Waals surface area contributed by atoms with Crippen molar-refractivity contribution in [1.82, 2.24) is 0 Å². The van der Waals surface area contributed by atoms with Crippen LogP contribution in [0.1, 0.15) is 25.7 Å². The van der Waals surface area contributed by atoms with Crippen molar-refractivity contribution >= 4 is 5.97 Å². The second kappa shape index (κ2) is 6.10. The van der Waals surface area contributed by atoms with Crippen LogP contribution in [0.4, 0.5) is 22.0 Å². The minimum absolute atomic E-state index is 0.0745. The van der Waals surface area contributed by atoms with Gasteiger partial charge in [-0.3, -0.25) is 4.79 Å². The lowest BCUT2D eigenvalue weighted by Crippen LogP contribution is -2.38. The number of ether oxygens (including phenoxy) is 1. The summed E-state index contributed by atoms with van der Waals surface area (Å²) >= 11 is 0. The lowest BCUT2D eigenvalue weighted by molar-refractivity contribution is -0.224. The summed E-state index contributed by atoms with van der Waals surface area (Å²) in [6.45, 7) is 0. The van der Waals surface area contributed by atoms with Crippen molar-refractivity contribution in [2.75, 3.05) is 0 Å². The second-order valence-corrected chi connectivity index (χ2v) is 5.25. The molecule has 0 saturated heterocycles. The van der Waals surface area contributed by atoms with Crippen LogP contribution in [0.2, 0.25) is 0 Å². The number of carboxylic acid groups (broad SMARTS) is 1. The fraction of sp³-hybridized carbons (Fsp3) is 0.500. The normalized spacial score (nSPS) is 22.4. The molecular weight excluding hydrogens is 311 g/mol. The number of aliphatic carboxylic acids is 1. The van der Waals surface area contributed by atoms with Gasteiger partial charge in [0.25, 0.3) is 0 Å². The summed E-state index contributed by atoms with van der Waals surface area (Å²) < 4.78 is 71.0.